The first-order chi connectivity index (χ1) is 16.5. The summed E-state index contributed by atoms with van der Waals surface area (Å²) in [5.41, 5.74) is 8.02. The van der Waals surface area contributed by atoms with Gasteiger partial charge in [-0.1, -0.05) is 80.4 Å². The molecule has 0 radical (unpaired) electrons. The van der Waals surface area contributed by atoms with Crippen molar-refractivity contribution in [2.75, 3.05) is 6.54 Å². The van der Waals surface area contributed by atoms with E-state index in [1.807, 2.05) is 43.3 Å². The van der Waals surface area contributed by atoms with Crippen molar-refractivity contribution >= 4 is 11.8 Å². The summed E-state index contributed by atoms with van der Waals surface area (Å²) in [5, 5.41) is 6.21. The number of rotatable bonds is 16. The highest BCUT2D eigenvalue weighted by atomic mass is 16.2. The molecule has 0 aromatic heterocycles. The molecule has 3 atom stereocenters. The average Bonchev–Trinajstić information content (AvgIpc) is 2.85. The van der Waals surface area contributed by atoms with Crippen LogP contribution in [-0.2, 0) is 22.4 Å². The number of nitrogens with two attached hydrogens (primary N) is 1. The molecule has 5 heteroatoms. The maximum atomic E-state index is 13.5. The third kappa shape index (κ3) is 10.5. The van der Waals surface area contributed by atoms with Gasteiger partial charge in [0.15, 0.2) is 0 Å². The summed E-state index contributed by atoms with van der Waals surface area (Å²) >= 11 is 0. The molecular weight excluding hydrogens is 422 g/mol. The van der Waals surface area contributed by atoms with E-state index >= 15 is 0 Å². The van der Waals surface area contributed by atoms with Gasteiger partial charge >= 0.3 is 0 Å². The van der Waals surface area contributed by atoms with Crippen molar-refractivity contribution in [3.8, 4) is 0 Å². The van der Waals surface area contributed by atoms with Crippen LogP contribution in [0.1, 0.15) is 69.9 Å². The predicted molar refractivity (Wildman–Crippen MR) is 140 cm³/mol. The third-order valence-corrected chi connectivity index (χ3v) is 6.28. The van der Waals surface area contributed by atoms with E-state index in [1.54, 1.807) is 0 Å². The minimum atomic E-state index is -0.530. The molecule has 2 unspecified atom stereocenters. The summed E-state index contributed by atoms with van der Waals surface area (Å²) in [5.74, 6) is -0.339. The Hall–Kier alpha value is -2.66. The van der Waals surface area contributed by atoms with Gasteiger partial charge in [-0.2, -0.15) is 0 Å². The Bertz CT molecular complexity index is 826. The smallest absolute Gasteiger partial charge is 0.242 e. The van der Waals surface area contributed by atoms with Gasteiger partial charge in [-0.25, -0.2) is 0 Å². The summed E-state index contributed by atoms with van der Waals surface area (Å²) in [6, 6.07) is 19.9. The van der Waals surface area contributed by atoms with E-state index in [0.29, 0.717) is 19.4 Å². The summed E-state index contributed by atoms with van der Waals surface area (Å²) in [6.07, 6.45) is 7.58. The number of hydrogen-bond acceptors (Lipinski definition) is 3. The quantitative estimate of drug-likeness (QED) is 0.312. The fraction of sp³-hybridized carbons (Fsp3) is 0.517. The van der Waals surface area contributed by atoms with E-state index in [1.165, 1.54) is 5.56 Å². The van der Waals surface area contributed by atoms with E-state index in [-0.39, 0.29) is 23.8 Å². The van der Waals surface area contributed by atoms with Crippen molar-refractivity contribution in [3.05, 3.63) is 71.8 Å². The molecule has 0 aliphatic rings. The zero-order valence-electron chi connectivity index (χ0n) is 21.0. The Morgan fingerprint density at radius 1 is 0.794 bits per heavy atom. The first-order valence-corrected chi connectivity index (χ1v) is 12.9. The lowest BCUT2D eigenvalue weighted by Crippen LogP contribution is -2.50. The molecule has 0 aliphatic carbocycles. The van der Waals surface area contributed by atoms with Crippen molar-refractivity contribution in [2.45, 2.75) is 83.7 Å². The van der Waals surface area contributed by atoms with E-state index in [0.717, 1.165) is 50.5 Å². The van der Waals surface area contributed by atoms with Gasteiger partial charge in [-0.3, -0.25) is 9.59 Å². The monoisotopic (exact) mass is 465 g/mol. The molecule has 186 valence electrons. The van der Waals surface area contributed by atoms with Crippen molar-refractivity contribution in [2.24, 2.45) is 11.7 Å². The minimum Gasteiger partial charge on any atom is -0.352 e. The Morgan fingerprint density at radius 3 is 2.06 bits per heavy atom. The number of carbonyl (C=O) groups is 2. The van der Waals surface area contributed by atoms with Gasteiger partial charge in [0, 0.05) is 12.0 Å². The fourth-order valence-electron chi connectivity index (χ4n) is 4.19. The molecule has 0 saturated heterocycles. The Labute approximate surface area is 205 Å². The van der Waals surface area contributed by atoms with Gasteiger partial charge in [0.1, 0.15) is 6.04 Å². The fourth-order valence-corrected chi connectivity index (χ4v) is 4.19. The van der Waals surface area contributed by atoms with Crippen molar-refractivity contribution in [3.63, 3.8) is 0 Å². The van der Waals surface area contributed by atoms with E-state index in [9.17, 15) is 9.59 Å². The lowest BCUT2D eigenvalue weighted by Gasteiger charge is -2.24. The molecule has 34 heavy (non-hydrogen) atoms. The largest absolute Gasteiger partial charge is 0.352 e. The number of amides is 2. The Morgan fingerprint density at radius 2 is 1.44 bits per heavy atom. The highest BCUT2D eigenvalue weighted by Crippen LogP contribution is 2.17. The topological polar surface area (TPSA) is 84.2 Å². The second kappa shape index (κ2) is 16.0. The van der Waals surface area contributed by atoms with Crippen molar-refractivity contribution in [1.82, 2.24) is 10.6 Å². The Kier molecular flexibility index (Phi) is 13.0. The normalized spacial score (nSPS) is 13.6. The Balaban J connectivity index is 2.09. The lowest BCUT2D eigenvalue weighted by molar-refractivity contribution is -0.131. The third-order valence-electron chi connectivity index (χ3n) is 6.28. The maximum Gasteiger partial charge on any atom is 0.242 e. The van der Waals surface area contributed by atoms with E-state index in [4.69, 9.17) is 5.73 Å². The molecule has 4 N–H and O–H groups in total. The average molecular weight is 466 g/mol. The number of aryl methyl sites for hydroxylation is 1. The van der Waals surface area contributed by atoms with Crippen LogP contribution in [0.5, 0.6) is 0 Å². The molecule has 0 aliphatic heterocycles. The van der Waals surface area contributed by atoms with Crippen LogP contribution in [0, 0.1) is 5.92 Å². The number of carbonyl (C=O) groups excluding carboxylic acids is 2. The maximum absolute atomic E-state index is 13.5. The zero-order valence-corrected chi connectivity index (χ0v) is 21.0. The van der Waals surface area contributed by atoms with Gasteiger partial charge in [-0.05, 0) is 69.5 Å². The summed E-state index contributed by atoms with van der Waals surface area (Å²) in [6.45, 7) is 4.76. The number of nitrogens with one attached hydrogen (secondary N) is 2. The van der Waals surface area contributed by atoms with Crippen LogP contribution in [0.15, 0.2) is 60.7 Å². The van der Waals surface area contributed by atoms with Crippen LogP contribution in [0.25, 0.3) is 0 Å². The molecule has 0 heterocycles. The van der Waals surface area contributed by atoms with Gasteiger partial charge in [0.25, 0.3) is 0 Å². The van der Waals surface area contributed by atoms with Gasteiger partial charge < -0.3 is 16.4 Å². The molecule has 5 nitrogen and oxygen atoms in total. The summed E-state index contributed by atoms with van der Waals surface area (Å²) in [4.78, 5) is 26.5. The van der Waals surface area contributed by atoms with Crippen LogP contribution in [0.2, 0.25) is 0 Å². The molecule has 0 saturated carbocycles. The van der Waals surface area contributed by atoms with Crippen molar-refractivity contribution < 1.29 is 9.59 Å². The molecule has 2 amide bonds. The van der Waals surface area contributed by atoms with Gasteiger partial charge in [-0.15, -0.1) is 0 Å². The number of unbranched alkanes of at least 4 members (excludes halogenated alkanes) is 2. The van der Waals surface area contributed by atoms with Crippen molar-refractivity contribution in [1.29, 1.82) is 0 Å². The molecule has 2 aromatic rings. The molecule has 0 fully saturated rings. The molecule has 0 spiro atoms. The first kappa shape index (κ1) is 27.6. The SMILES string of the molecule is CCCCC(C)NC(=O)[C@H](CCCCN)NC(=O)C(CCc1ccccc1)Cc1ccccc1. The molecule has 0 bridgehead atoms. The van der Waals surface area contributed by atoms with Crippen LogP contribution in [-0.4, -0.2) is 30.4 Å². The van der Waals surface area contributed by atoms with E-state index < -0.39 is 6.04 Å². The van der Waals surface area contributed by atoms with Crippen LogP contribution < -0.4 is 16.4 Å². The second-order valence-corrected chi connectivity index (χ2v) is 9.31. The highest BCUT2D eigenvalue weighted by Gasteiger charge is 2.26. The first-order valence-electron chi connectivity index (χ1n) is 12.9. The summed E-state index contributed by atoms with van der Waals surface area (Å²) < 4.78 is 0. The predicted octanol–water partition coefficient (Wildman–Crippen LogP) is 4.79. The standard InChI is InChI=1S/C29H43N3O2/c1-3-4-13-23(2)31-29(34)27(18-11-12-21-30)32-28(33)26(22-25-16-9-6-10-17-25)20-19-24-14-7-5-8-15-24/h5-10,14-17,23,26-27H,3-4,11-13,18-22,30H2,1-2H3,(H,31,34)(H,32,33)/t23?,26?,27-/m0/s1. The minimum absolute atomic E-state index is 0.0473. The second-order valence-electron chi connectivity index (χ2n) is 9.31. The van der Waals surface area contributed by atoms with Crippen LogP contribution in [0.3, 0.4) is 0 Å². The van der Waals surface area contributed by atoms with E-state index in [2.05, 4.69) is 41.8 Å². The van der Waals surface area contributed by atoms with Gasteiger partial charge in [0.2, 0.25) is 11.8 Å². The molecule has 2 rings (SSSR count). The van der Waals surface area contributed by atoms with Crippen LogP contribution in [0.4, 0.5) is 0 Å². The molecule has 2 aromatic carbocycles. The lowest BCUT2D eigenvalue weighted by atomic mass is 9.91. The van der Waals surface area contributed by atoms with Crippen LogP contribution >= 0.6 is 0 Å². The summed E-state index contributed by atoms with van der Waals surface area (Å²) in [7, 11) is 0. The number of benzene rings is 2. The highest BCUT2D eigenvalue weighted by molar-refractivity contribution is 5.88. The zero-order chi connectivity index (χ0) is 24.6. The van der Waals surface area contributed by atoms with Gasteiger partial charge in [0.05, 0.1) is 0 Å². The number of hydrogen-bond donors (Lipinski definition) is 3. The molecular formula is C29H43N3O2.